The van der Waals surface area contributed by atoms with Crippen molar-refractivity contribution in [2.45, 2.75) is 6.29 Å². The summed E-state index contributed by atoms with van der Waals surface area (Å²) < 4.78 is 10.8. The number of rotatable bonds is 3. The summed E-state index contributed by atoms with van der Waals surface area (Å²) >= 11 is 9.15. The van der Waals surface area contributed by atoms with Gasteiger partial charge in [0.15, 0.2) is 6.29 Å². The fourth-order valence-corrected chi connectivity index (χ4v) is 1.50. The lowest BCUT2D eigenvalue weighted by molar-refractivity contribution is -0.106. The first-order valence-electron chi connectivity index (χ1n) is 3.55. The van der Waals surface area contributed by atoms with Crippen molar-refractivity contribution in [2.24, 2.45) is 0 Å². The van der Waals surface area contributed by atoms with Crippen molar-refractivity contribution in [1.82, 2.24) is 4.98 Å². The molecule has 0 atom stereocenters. The molecule has 0 fully saturated rings. The molecule has 72 valence electrons. The van der Waals surface area contributed by atoms with Gasteiger partial charge in [-0.15, -0.1) is 0 Å². The van der Waals surface area contributed by atoms with Gasteiger partial charge in [-0.3, -0.25) is 0 Å². The number of halogens is 2. The van der Waals surface area contributed by atoms with Crippen LogP contribution in [0.3, 0.4) is 0 Å². The largest absolute Gasteiger partial charge is 0.352 e. The minimum absolute atomic E-state index is 0.452. The highest BCUT2D eigenvalue weighted by Crippen LogP contribution is 2.26. The quantitative estimate of drug-likeness (QED) is 0.623. The van der Waals surface area contributed by atoms with Crippen molar-refractivity contribution < 1.29 is 9.47 Å². The molecule has 1 heterocycles. The van der Waals surface area contributed by atoms with Crippen LogP contribution in [0.1, 0.15) is 11.9 Å². The van der Waals surface area contributed by atoms with Gasteiger partial charge in [0.1, 0.15) is 4.60 Å². The van der Waals surface area contributed by atoms with Gasteiger partial charge in [0, 0.05) is 26.0 Å². The average molecular weight is 267 g/mol. The SMILES string of the molecule is COC(OC)c1cc(Br)ncc1Cl. The number of aromatic nitrogens is 1. The Bertz CT molecular complexity index is 291. The lowest BCUT2D eigenvalue weighted by Crippen LogP contribution is -2.04. The molecular weight excluding hydrogens is 257 g/mol. The van der Waals surface area contributed by atoms with Gasteiger partial charge in [0.2, 0.25) is 0 Å². The van der Waals surface area contributed by atoms with Gasteiger partial charge in [-0.25, -0.2) is 4.98 Å². The smallest absolute Gasteiger partial charge is 0.184 e. The van der Waals surface area contributed by atoms with Gasteiger partial charge in [-0.2, -0.15) is 0 Å². The standard InChI is InChI=1S/C8H9BrClNO2/c1-12-8(13-2)5-3-7(9)11-4-6(5)10/h3-4,8H,1-2H3. The van der Waals surface area contributed by atoms with E-state index in [0.29, 0.717) is 9.63 Å². The van der Waals surface area contributed by atoms with Crippen molar-refractivity contribution in [2.75, 3.05) is 14.2 Å². The van der Waals surface area contributed by atoms with Crippen molar-refractivity contribution in [3.63, 3.8) is 0 Å². The highest BCUT2D eigenvalue weighted by molar-refractivity contribution is 9.10. The molecule has 0 aromatic carbocycles. The molecule has 0 aliphatic heterocycles. The Morgan fingerprint density at radius 2 is 2.08 bits per heavy atom. The highest BCUT2D eigenvalue weighted by atomic mass is 79.9. The molecule has 0 amide bonds. The number of hydrogen-bond acceptors (Lipinski definition) is 3. The number of ether oxygens (including phenoxy) is 2. The van der Waals surface area contributed by atoms with Crippen LogP contribution in [0.2, 0.25) is 5.02 Å². The highest BCUT2D eigenvalue weighted by Gasteiger charge is 2.13. The van der Waals surface area contributed by atoms with Gasteiger partial charge < -0.3 is 9.47 Å². The topological polar surface area (TPSA) is 31.4 Å². The molecule has 0 N–H and O–H groups in total. The molecule has 1 aromatic heterocycles. The summed E-state index contributed by atoms with van der Waals surface area (Å²) in [4.78, 5) is 3.96. The number of hydrogen-bond donors (Lipinski definition) is 0. The Labute approximate surface area is 90.1 Å². The first-order chi connectivity index (χ1) is 6.19. The summed E-state index contributed by atoms with van der Waals surface area (Å²) in [5, 5.41) is 0.525. The van der Waals surface area contributed by atoms with Gasteiger partial charge in [0.25, 0.3) is 0 Å². The molecule has 0 bridgehead atoms. The Morgan fingerprint density at radius 1 is 1.46 bits per heavy atom. The van der Waals surface area contributed by atoms with E-state index in [-0.39, 0.29) is 0 Å². The Morgan fingerprint density at radius 3 is 2.62 bits per heavy atom. The van der Waals surface area contributed by atoms with E-state index in [0.717, 1.165) is 5.56 Å². The molecule has 13 heavy (non-hydrogen) atoms. The molecule has 0 aliphatic carbocycles. The van der Waals surface area contributed by atoms with Gasteiger partial charge in [0.05, 0.1) is 5.02 Å². The third-order valence-electron chi connectivity index (χ3n) is 1.53. The van der Waals surface area contributed by atoms with Crippen LogP contribution < -0.4 is 0 Å². The number of pyridine rings is 1. The van der Waals surface area contributed by atoms with E-state index in [4.69, 9.17) is 21.1 Å². The molecule has 0 spiro atoms. The Hall–Kier alpha value is -0.160. The fourth-order valence-electron chi connectivity index (χ4n) is 0.958. The summed E-state index contributed by atoms with van der Waals surface area (Å²) in [5.41, 5.74) is 0.758. The van der Waals surface area contributed by atoms with Crippen LogP contribution in [0.25, 0.3) is 0 Å². The minimum Gasteiger partial charge on any atom is -0.352 e. The summed E-state index contributed by atoms with van der Waals surface area (Å²) in [6, 6.07) is 1.76. The van der Waals surface area contributed by atoms with E-state index in [1.54, 1.807) is 26.5 Å². The van der Waals surface area contributed by atoms with Crippen LogP contribution in [-0.4, -0.2) is 19.2 Å². The maximum Gasteiger partial charge on any atom is 0.184 e. The first-order valence-corrected chi connectivity index (χ1v) is 4.72. The van der Waals surface area contributed by atoms with Gasteiger partial charge >= 0.3 is 0 Å². The van der Waals surface area contributed by atoms with Crippen molar-refractivity contribution in [1.29, 1.82) is 0 Å². The first kappa shape index (κ1) is 10.9. The second-order valence-corrected chi connectivity index (χ2v) is 3.55. The van der Waals surface area contributed by atoms with E-state index in [9.17, 15) is 0 Å². The third kappa shape index (κ3) is 2.64. The molecule has 0 aliphatic rings. The second-order valence-electron chi connectivity index (χ2n) is 2.33. The van der Waals surface area contributed by atoms with Crippen molar-refractivity contribution in [3.05, 3.63) is 27.5 Å². The predicted octanol–water partition coefficient (Wildman–Crippen LogP) is 2.79. The van der Waals surface area contributed by atoms with E-state index in [1.165, 1.54) is 0 Å². The summed E-state index contributed by atoms with van der Waals surface area (Å²) in [5.74, 6) is 0. The fraction of sp³-hybridized carbons (Fsp3) is 0.375. The van der Waals surface area contributed by atoms with Crippen LogP contribution in [0.5, 0.6) is 0 Å². The summed E-state index contributed by atoms with van der Waals surface area (Å²) in [6.07, 6.45) is 1.10. The Kier molecular flexibility index (Phi) is 4.12. The molecule has 0 saturated heterocycles. The van der Waals surface area contributed by atoms with E-state index >= 15 is 0 Å². The van der Waals surface area contributed by atoms with Gasteiger partial charge in [-0.05, 0) is 22.0 Å². The molecule has 3 nitrogen and oxygen atoms in total. The third-order valence-corrected chi connectivity index (χ3v) is 2.28. The van der Waals surface area contributed by atoms with E-state index in [1.807, 2.05) is 0 Å². The van der Waals surface area contributed by atoms with Crippen molar-refractivity contribution >= 4 is 27.5 Å². The summed E-state index contributed by atoms with van der Waals surface area (Å²) in [6.45, 7) is 0. The molecule has 0 radical (unpaired) electrons. The maximum atomic E-state index is 5.91. The zero-order valence-corrected chi connectivity index (χ0v) is 9.59. The summed E-state index contributed by atoms with van der Waals surface area (Å²) in [7, 11) is 3.11. The second kappa shape index (κ2) is 4.91. The van der Waals surface area contributed by atoms with Crippen molar-refractivity contribution in [3.8, 4) is 0 Å². The monoisotopic (exact) mass is 265 g/mol. The molecule has 0 saturated carbocycles. The van der Waals surface area contributed by atoms with Crippen LogP contribution in [0.4, 0.5) is 0 Å². The number of methoxy groups -OCH3 is 2. The van der Waals surface area contributed by atoms with E-state index in [2.05, 4.69) is 20.9 Å². The molecule has 1 rings (SSSR count). The Balaban J connectivity index is 3.03. The maximum absolute atomic E-state index is 5.91. The normalized spacial score (nSPS) is 10.8. The molecular formula is C8H9BrClNO2. The predicted molar refractivity (Wildman–Crippen MR) is 53.7 cm³/mol. The lowest BCUT2D eigenvalue weighted by Gasteiger charge is -2.14. The zero-order chi connectivity index (χ0) is 9.84. The minimum atomic E-state index is -0.452. The molecule has 5 heteroatoms. The average Bonchev–Trinajstić information content (AvgIpc) is 2.13. The van der Waals surface area contributed by atoms with Crippen LogP contribution in [-0.2, 0) is 9.47 Å². The number of nitrogens with zero attached hydrogens (tertiary/aromatic N) is 1. The van der Waals surface area contributed by atoms with Crippen LogP contribution in [0, 0.1) is 0 Å². The molecule has 0 unspecified atom stereocenters. The van der Waals surface area contributed by atoms with E-state index < -0.39 is 6.29 Å². The zero-order valence-electron chi connectivity index (χ0n) is 7.25. The molecule has 1 aromatic rings. The lowest BCUT2D eigenvalue weighted by atomic mass is 10.2. The van der Waals surface area contributed by atoms with Gasteiger partial charge in [-0.1, -0.05) is 11.6 Å². The van der Waals surface area contributed by atoms with Crippen LogP contribution in [0.15, 0.2) is 16.9 Å². The van der Waals surface area contributed by atoms with Crippen LogP contribution >= 0.6 is 27.5 Å².